The number of rotatable bonds is 5. The highest BCUT2D eigenvalue weighted by atomic mass is 32.1. The zero-order chi connectivity index (χ0) is 16.1. The molecule has 2 aromatic heterocycles. The average molecular weight is 330 g/mol. The molecule has 0 unspecified atom stereocenters. The summed E-state index contributed by atoms with van der Waals surface area (Å²) >= 11 is 1.49. The SMILES string of the molecule is O=C(/C=C/c1cccc(F)c1)OCc1nc(-c2cccs2)no1. The topological polar surface area (TPSA) is 65.2 Å². The maximum absolute atomic E-state index is 13.0. The van der Waals surface area contributed by atoms with E-state index in [1.165, 1.54) is 35.6 Å². The van der Waals surface area contributed by atoms with Crippen LogP contribution < -0.4 is 0 Å². The van der Waals surface area contributed by atoms with Gasteiger partial charge in [-0.3, -0.25) is 0 Å². The molecule has 3 aromatic rings. The summed E-state index contributed by atoms with van der Waals surface area (Å²) in [6.45, 7) is -0.120. The number of thiophene rings is 1. The Morgan fingerprint density at radius 1 is 1.35 bits per heavy atom. The van der Waals surface area contributed by atoms with Crippen LogP contribution in [0.4, 0.5) is 4.39 Å². The first-order valence-corrected chi connectivity index (χ1v) is 7.55. The van der Waals surface area contributed by atoms with E-state index in [9.17, 15) is 9.18 Å². The molecule has 0 aliphatic heterocycles. The van der Waals surface area contributed by atoms with E-state index in [2.05, 4.69) is 10.1 Å². The Kier molecular flexibility index (Phi) is 4.58. The molecule has 1 aromatic carbocycles. The number of benzene rings is 1. The first-order valence-electron chi connectivity index (χ1n) is 6.67. The maximum atomic E-state index is 13.0. The van der Waals surface area contributed by atoms with E-state index < -0.39 is 5.97 Å². The van der Waals surface area contributed by atoms with Crippen molar-refractivity contribution in [1.82, 2.24) is 10.1 Å². The number of hydrogen-bond donors (Lipinski definition) is 0. The Bertz CT molecular complexity index is 827. The third kappa shape index (κ3) is 4.10. The fraction of sp³-hybridized carbons (Fsp3) is 0.0625. The van der Waals surface area contributed by atoms with Gasteiger partial charge in [-0.25, -0.2) is 9.18 Å². The minimum atomic E-state index is -0.579. The number of nitrogens with zero attached hydrogens (tertiary/aromatic N) is 2. The summed E-state index contributed by atoms with van der Waals surface area (Å²) < 4.78 is 23.0. The molecule has 0 N–H and O–H groups in total. The summed E-state index contributed by atoms with van der Waals surface area (Å²) in [4.78, 5) is 16.6. The standard InChI is InChI=1S/C16H11FN2O3S/c17-12-4-1-3-11(9-12)6-7-15(20)21-10-14-18-16(19-22-14)13-5-2-8-23-13/h1-9H,10H2/b7-6+. The van der Waals surface area contributed by atoms with Crippen molar-refractivity contribution < 1.29 is 18.4 Å². The van der Waals surface area contributed by atoms with E-state index in [-0.39, 0.29) is 18.3 Å². The van der Waals surface area contributed by atoms with Crippen molar-refractivity contribution in [3.63, 3.8) is 0 Å². The van der Waals surface area contributed by atoms with Gasteiger partial charge in [0.2, 0.25) is 5.82 Å². The zero-order valence-electron chi connectivity index (χ0n) is 11.8. The van der Waals surface area contributed by atoms with E-state index in [1.54, 1.807) is 12.1 Å². The number of ether oxygens (including phenoxy) is 1. The zero-order valence-corrected chi connectivity index (χ0v) is 12.6. The van der Waals surface area contributed by atoms with Crippen LogP contribution in [-0.4, -0.2) is 16.1 Å². The summed E-state index contributed by atoms with van der Waals surface area (Å²) in [7, 11) is 0. The number of esters is 1. The normalized spacial score (nSPS) is 11.0. The van der Waals surface area contributed by atoms with Crippen LogP contribution in [0.5, 0.6) is 0 Å². The van der Waals surface area contributed by atoms with Crippen LogP contribution in [0.3, 0.4) is 0 Å². The molecular weight excluding hydrogens is 319 g/mol. The fourth-order valence-electron chi connectivity index (χ4n) is 1.77. The number of aromatic nitrogens is 2. The summed E-state index contributed by atoms with van der Waals surface area (Å²) in [6.07, 6.45) is 2.68. The highest BCUT2D eigenvalue weighted by Crippen LogP contribution is 2.21. The van der Waals surface area contributed by atoms with Gasteiger partial charge in [0.1, 0.15) is 5.82 Å². The van der Waals surface area contributed by atoms with Crippen molar-refractivity contribution in [3.05, 3.63) is 65.1 Å². The minimum absolute atomic E-state index is 0.120. The predicted octanol–water partition coefficient (Wildman–Crippen LogP) is 3.69. The van der Waals surface area contributed by atoms with Gasteiger partial charge in [0, 0.05) is 6.08 Å². The smallest absolute Gasteiger partial charge is 0.331 e. The van der Waals surface area contributed by atoms with Crippen LogP contribution in [0.15, 0.2) is 52.4 Å². The molecule has 0 spiro atoms. The second-order valence-corrected chi connectivity index (χ2v) is 5.43. The Balaban J connectivity index is 1.55. The number of hydrogen-bond acceptors (Lipinski definition) is 6. The van der Waals surface area contributed by atoms with Crippen LogP contribution in [0.25, 0.3) is 16.8 Å². The molecule has 2 heterocycles. The van der Waals surface area contributed by atoms with E-state index in [0.717, 1.165) is 4.88 Å². The second kappa shape index (κ2) is 6.97. The van der Waals surface area contributed by atoms with Gasteiger partial charge < -0.3 is 9.26 Å². The van der Waals surface area contributed by atoms with Crippen LogP contribution >= 0.6 is 11.3 Å². The molecule has 0 amide bonds. The van der Waals surface area contributed by atoms with Gasteiger partial charge in [-0.1, -0.05) is 23.4 Å². The van der Waals surface area contributed by atoms with Gasteiger partial charge in [-0.05, 0) is 35.2 Å². The van der Waals surface area contributed by atoms with Crippen LogP contribution in [-0.2, 0) is 16.1 Å². The van der Waals surface area contributed by atoms with Gasteiger partial charge in [0.25, 0.3) is 5.89 Å². The largest absolute Gasteiger partial charge is 0.452 e. The molecule has 0 radical (unpaired) electrons. The summed E-state index contributed by atoms with van der Waals surface area (Å²) in [6, 6.07) is 9.63. The Hall–Kier alpha value is -2.80. The summed E-state index contributed by atoms with van der Waals surface area (Å²) in [5.74, 6) is -0.278. The molecule has 3 rings (SSSR count). The van der Waals surface area contributed by atoms with E-state index in [4.69, 9.17) is 9.26 Å². The third-order valence-electron chi connectivity index (χ3n) is 2.81. The van der Waals surface area contributed by atoms with E-state index >= 15 is 0 Å². The summed E-state index contributed by atoms with van der Waals surface area (Å²) in [5, 5.41) is 5.72. The number of carbonyl (C=O) groups is 1. The van der Waals surface area contributed by atoms with Gasteiger partial charge in [0.15, 0.2) is 6.61 Å². The van der Waals surface area contributed by atoms with Gasteiger partial charge >= 0.3 is 5.97 Å². The highest BCUT2D eigenvalue weighted by Gasteiger charge is 2.10. The molecular formula is C16H11FN2O3S. The monoisotopic (exact) mass is 330 g/mol. The minimum Gasteiger partial charge on any atom is -0.452 e. The Labute approximate surface area is 135 Å². The van der Waals surface area contributed by atoms with Gasteiger partial charge in [0.05, 0.1) is 4.88 Å². The van der Waals surface area contributed by atoms with E-state index in [0.29, 0.717) is 11.4 Å². The molecule has 0 saturated heterocycles. The quantitative estimate of drug-likeness (QED) is 0.527. The van der Waals surface area contributed by atoms with Crippen LogP contribution in [0, 0.1) is 5.82 Å². The predicted molar refractivity (Wildman–Crippen MR) is 82.8 cm³/mol. The molecule has 7 heteroatoms. The van der Waals surface area contributed by atoms with Crippen molar-refractivity contribution in [1.29, 1.82) is 0 Å². The third-order valence-corrected chi connectivity index (χ3v) is 3.67. The van der Waals surface area contributed by atoms with Crippen LogP contribution in [0.2, 0.25) is 0 Å². The molecule has 0 aliphatic rings. The van der Waals surface area contributed by atoms with Crippen molar-refractivity contribution in [2.75, 3.05) is 0 Å². The molecule has 0 fully saturated rings. The molecule has 5 nitrogen and oxygen atoms in total. The first-order chi connectivity index (χ1) is 11.2. The number of halogens is 1. The molecule has 0 bridgehead atoms. The number of carbonyl (C=O) groups excluding carboxylic acids is 1. The fourth-order valence-corrected chi connectivity index (χ4v) is 2.42. The lowest BCUT2D eigenvalue weighted by atomic mass is 10.2. The lowest BCUT2D eigenvalue weighted by molar-refractivity contribution is -0.139. The van der Waals surface area contributed by atoms with Crippen molar-refractivity contribution in [2.24, 2.45) is 0 Å². The van der Waals surface area contributed by atoms with Gasteiger partial charge in [-0.2, -0.15) is 4.98 Å². The lowest BCUT2D eigenvalue weighted by Gasteiger charge is -1.97. The lowest BCUT2D eigenvalue weighted by Crippen LogP contribution is -2.00. The first kappa shape index (κ1) is 15.1. The Morgan fingerprint density at radius 2 is 2.26 bits per heavy atom. The second-order valence-electron chi connectivity index (χ2n) is 4.49. The highest BCUT2D eigenvalue weighted by molar-refractivity contribution is 7.13. The van der Waals surface area contributed by atoms with Crippen molar-refractivity contribution >= 4 is 23.4 Å². The maximum Gasteiger partial charge on any atom is 0.331 e. The van der Waals surface area contributed by atoms with Crippen molar-refractivity contribution in [2.45, 2.75) is 6.61 Å². The van der Waals surface area contributed by atoms with Crippen LogP contribution in [0.1, 0.15) is 11.5 Å². The molecule has 0 atom stereocenters. The Morgan fingerprint density at radius 3 is 3.04 bits per heavy atom. The summed E-state index contributed by atoms with van der Waals surface area (Å²) in [5.41, 5.74) is 0.569. The molecule has 0 aliphatic carbocycles. The van der Waals surface area contributed by atoms with Gasteiger partial charge in [-0.15, -0.1) is 11.3 Å². The van der Waals surface area contributed by atoms with E-state index in [1.807, 2.05) is 17.5 Å². The molecule has 116 valence electrons. The molecule has 0 saturated carbocycles. The average Bonchev–Trinajstić information content (AvgIpc) is 3.22. The molecule has 23 heavy (non-hydrogen) atoms. The van der Waals surface area contributed by atoms with Crippen molar-refractivity contribution in [3.8, 4) is 10.7 Å².